The molecule has 3 aromatic carbocycles. The lowest BCUT2D eigenvalue weighted by Crippen LogP contribution is -2.16. The number of carbonyl (C=O) groups excluding carboxylic acids is 1. The smallest absolute Gasteiger partial charge is 0.165 e. The van der Waals surface area contributed by atoms with Crippen molar-refractivity contribution in [2.75, 3.05) is 19.5 Å². The van der Waals surface area contributed by atoms with Gasteiger partial charge in [-0.3, -0.25) is 4.79 Å². The van der Waals surface area contributed by atoms with Gasteiger partial charge in [-0.15, -0.1) is 0 Å². The number of hydrogen-bond donors (Lipinski definition) is 1. The number of rotatable bonds is 8. The molecule has 0 saturated carbocycles. The van der Waals surface area contributed by atoms with Gasteiger partial charge >= 0.3 is 0 Å². The fourth-order valence-corrected chi connectivity index (χ4v) is 3.11. The van der Waals surface area contributed by atoms with Crippen molar-refractivity contribution >= 4 is 11.5 Å². The van der Waals surface area contributed by atoms with Gasteiger partial charge in [0, 0.05) is 17.7 Å². The van der Waals surface area contributed by atoms with E-state index >= 15 is 0 Å². The summed E-state index contributed by atoms with van der Waals surface area (Å²) in [5.74, 6) is 0.769. The highest BCUT2D eigenvalue weighted by Gasteiger charge is 2.19. The Hall–Kier alpha value is -3.34. The fraction of sp³-hybridized carbons (Fsp3) is 0.208. The molecule has 0 saturated heterocycles. The average Bonchev–Trinajstić information content (AvgIpc) is 2.74. The molecule has 5 heteroatoms. The lowest BCUT2D eigenvalue weighted by Gasteiger charge is -2.21. The van der Waals surface area contributed by atoms with Crippen molar-refractivity contribution < 1.29 is 18.7 Å². The van der Waals surface area contributed by atoms with E-state index in [0.717, 1.165) is 16.8 Å². The number of nitrogens with one attached hydrogen (secondary N) is 1. The zero-order chi connectivity index (χ0) is 20.8. The van der Waals surface area contributed by atoms with Crippen LogP contribution in [0.25, 0.3) is 0 Å². The van der Waals surface area contributed by atoms with Crippen LogP contribution in [0.3, 0.4) is 0 Å². The Kier molecular flexibility index (Phi) is 6.50. The number of aryl methyl sites for hydroxylation is 1. The number of benzene rings is 3. The predicted molar refractivity (Wildman–Crippen MR) is 112 cm³/mol. The summed E-state index contributed by atoms with van der Waals surface area (Å²) in [7, 11) is 3.16. The lowest BCUT2D eigenvalue weighted by molar-refractivity contribution is 0.0976. The first-order chi connectivity index (χ1) is 14.0. The molecule has 3 aromatic rings. The van der Waals surface area contributed by atoms with Crippen molar-refractivity contribution in [3.8, 4) is 11.5 Å². The Morgan fingerprint density at radius 2 is 1.59 bits per heavy atom. The normalized spacial score (nSPS) is 11.6. The maximum absolute atomic E-state index is 13.2. The Bertz CT molecular complexity index is 968. The molecule has 0 heterocycles. The molecule has 0 bridgehead atoms. The minimum atomic E-state index is -0.365. The molecule has 0 aliphatic rings. The zero-order valence-corrected chi connectivity index (χ0v) is 16.7. The van der Waals surface area contributed by atoms with Crippen LogP contribution in [0.1, 0.15) is 33.9 Å². The summed E-state index contributed by atoms with van der Waals surface area (Å²) in [4.78, 5) is 12.8. The van der Waals surface area contributed by atoms with Crippen molar-refractivity contribution in [2.24, 2.45) is 0 Å². The first-order valence-corrected chi connectivity index (χ1v) is 9.34. The summed E-state index contributed by atoms with van der Waals surface area (Å²) in [6.45, 7) is 2.02. The minimum Gasteiger partial charge on any atom is -0.493 e. The second-order valence-corrected chi connectivity index (χ2v) is 6.81. The van der Waals surface area contributed by atoms with Crippen molar-refractivity contribution in [1.82, 2.24) is 0 Å². The van der Waals surface area contributed by atoms with Crippen molar-refractivity contribution in [3.63, 3.8) is 0 Å². The third-order valence-corrected chi connectivity index (χ3v) is 4.76. The van der Waals surface area contributed by atoms with Gasteiger partial charge in [-0.2, -0.15) is 0 Å². The quantitative estimate of drug-likeness (QED) is 0.508. The van der Waals surface area contributed by atoms with E-state index in [4.69, 9.17) is 9.47 Å². The third kappa shape index (κ3) is 5.13. The number of ether oxygens (including phenoxy) is 2. The zero-order valence-electron chi connectivity index (χ0n) is 16.7. The second kappa shape index (κ2) is 9.24. The molecule has 0 fully saturated rings. The number of Topliss-reactive ketones (excluding diaryl/α,β-unsaturated/α-hetero) is 1. The molecule has 0 aliphatic heterocycles. The van der Waals surface area contributed by atoms with Crippen LogP contribution in [0.2, 0.25) is 0 Å². The van der Waals surface area contributed by atoms with Gasteiger partial charge in [-0.05, 0) is 61.0 Å². The molecule has 0 amide bonds. The second-order valence-electron chi connectivity index (χ2n) is 6.81. The van der Waals surface area contributed by atoms with E-state index in [2.05, 4.69) is 5.32 Å². The van der Waals surface area contributed by atoms with E-state index in [0.29, 0.717) is 17.1 Å². The molecule has 3 rings (SSSR count). The first kappa shape index (κ1) is 20.4. The van der Waals surface area contributed by atoms with Crippen LogP contribution in [-0.2, 0) is 0 Å². The van der Waals surface area contributed by atoms with Gasteiger partial charge in [0.25, 0.3) is 0 Å². The fourth-order valence-electron chi connectivity index (χ4n) is 3.11. The molecule has 1 N–H and O–H groups in total. The Labute approximate surface area is 170 Å². The number of methoxy groups -OCH3 is 2. The summed E-state index contributed by atoms with van der Waals surface area (Å²) < 4.78 is 23.9. The summed E-state index contributed by atoms with van der Waals surface area (Å²) in [6, 6.07) is 18.9. The molecule has 0 aromatic heterocycles. The Balaban J connectivity index is 1.91. The number of anilines is 1. The van der Waals surface area contributed by atoms with E-state index in [1.54, 1.807) is 14.2 Å². The largest absolute Gasteiger partial charge is 0.493 e. The van der Waals surface area contributed by atoms with Gasteiger partial charge in [0.1, 0.15) is 5.82 Å². The van der Waals surface area contributed by atoms with Gasteiger partial charge in [0.15, 0.2) is 17.3 Å². The molecule has 1 atom stereocenters. The van der Waals surface area contributed by atoms with Crippen LogP contribution in [-0.4, -0.2) is 20.0 Å². The minimum absolute atomic E-state index is 0.0793. The highest BCUT2D eigenvalue weighted by atomic mass is 19.1. The number of halogens is 1. The van der Waals surface area contributed by atoms with E-state index < -0.39 is 0 Å². The molecule has 0 spiro atoms. The van der Waals surface area contributed by atoms with E-state index in [1.165, 1.54) is 24.3 Å². The molecule has 29 heavy (non-hydrogen) atoms. The number of ketones is 1. The van der Waals surface area contributed by atoms with Crippen molar-refractivity contribution in [3.05, 3.63) is 89.2 Å². The maximum atomic E-state index is 13.2. The van der Waals surface area contributed by atoms with Crippen LogP contribution in [0, 0.1) is 12.7 Å². The summed E-state index contributed by atoms with van der Waals surface area (Å²) in [5, 5.41) is 3.43. The molecule has 0 aliphatic carbocycles. The van der Waals surface area contributed by atoms with Gasteiger partial charge < -0.3 is 14.8 Å². The van der Waals surface area contributed by atoms with E-state index in [-0.39, 0.29) is 24.1 Å². The van der Waals surface area contributed by atoms with Gasteiger partial charge in [0.05, 0.1) is 20.3 Å². The lowest BCUT2D eigenvalue weighted by atomic mass is 9.97. The van der Waals surface area contributed by atoms with Crippen LogP contribution < -0.4 is 14.8 Å². The van der Waals surface area contributed by atoms with E-state index in [1.807, 2.05) is 49.4 Å². The number of carbonyl (C=O) groups is 1. The molecule has 4 nitrogen and oxygen atoms in total. The van der Waals surface area contributed by atoms with Gasteiger partial charge in [-0.25, -0.2) is 4.39 Å². The van der Waals surface area contributed by atoms with E-state index in [9.17, 15) is 9.18 Å². The molecule has 150 valence electrons. The van der Waals surface area contributed by atoms with Crippen LogP contribution in [0.5, 0.6) is 11.5 Å². The van der Waals surface area contributed by atoms with Gasteiger partial charge in [-0.1, -0.05) is 23.8 Å². The van der Waals surface area contributed by atoms with Crippen LogP contribution in [0.4, 0.5) is 10.1 Å². The summed E-state index contributed by atoms with van der Waals surface area (Å²) in [6.07, 6.45) is 0.203. The summed E-state index contributed by atoms with van der Waals surface area (Å²) >= 11 is 0. The Morgan fingerprint density at radius 1 is 0.931 bits per heavy atom. The first-order valence-electron chi connectivity index (χ1n) is 9.34. The van der Waals surface area contributed by atoms with Crippen LogP contribution >= 0.6 is 0 Å². The van der Waals surface area contributed by atoms with Gasteiger partial charge in [0.2, 0.25) is 0 Å². The third-order valence-electron chi connectivity index (χ3n) is 4.76. The van der Waals surface area contributed by atoms with Crippen molar-refractivity contribution in [2.45, 2.75) is 19.4 Å². The molecule has 1 unspecified atom stereocenters. The molecule has 0 radical (unpaired) electrons. The average molecular weight is 393 g/mol. The van der Waals surface area contributed by atoms with Crippen molar-refractivity contribution in [1.29, 1.82) is 0 Å². The standard InChI is InChI=1S/C24H24FNO3/c1-16-4-11-20(12-5-16)26-21(15-22(27)17-6-9-19(25)10-7-17)18-8-13-23(28-2)24(14-18)29-3/h4-14,21,26H,15H2,1-3H3. The Morgan fingerprint density at radius 3 is 2.21 bits per heavy atom. The number of hydrogen-bond acceptors (Lipinski definition) is 4. The molecular formula is C24H24FNO3. The highest BCUT2D eigenvalue weighted by Crippen LogP contribution is 2.33. The van der Waals surface area contributed by atoms with Crippen LogP contribution in [0.15, 0.2) is 66.7 Å². The molecular weight excluding hydrogens is 369 g/mol. The highest BCUT2D eigenvalue weighted by molar-refractivity contribution is 5.96. The monoisotopic (exact) mass is 393 g/mol. The predicted octanol–water partition coefficient (Wildman–Crippen LogP) is 5.58. The topological polar surface area (TPSA) is 47.6 Å². The summed E-state index contributed by atoms with van der Waals surface area (Å²) in [5.41, 5.74) is 3.42. The SMILES string of the molecule is COc1ccc(C(CC(=O)c2ccc(F)cc2)Nc2ccc(C)cc2)cc1OC. The maximum Gasteiger partial charge on any atom is 0.165 e.